The molecule has 4 aromatic rings. The Balaban J connectivity index is 1.68. The van der Waals surface area contributed by atoms with Crippen LogP contribution in [0.25, 0.3) is 11.1 Å². The number of amidine groups is 2. The van der Waals surface area contributed by atoms with Crippen molar-refractivity contribution in [2.45, 2.75) is 0 Å². The first-order valence-corrected chi connectivity index (χ1v) is 11.0. The second-order valence-corrected chi connectivity index (χ2v) is 7.84. The molecule has 0 aliphatic carbocycles. The number of benzene rings is 4. The monoisotopic (exact) mass is 486 g/mol. The molecule has 8 heteroatoms. The van der Waals surface area contributed by atoms with Crippen LogP contribution >= 0.6 is 0 Å². The van der Waals surface area contributed by atoms with Crippen LogP contribution in [0.4, 0.5) is 20.2 Å². The second kappa shape index (κ2) is 10.7. The Kier molecular flexibility index (Phi) is 7.25. The molecule has 0 aliphatic rings. The van der Waals surface area contributed by atoms with Gasteiger partial charge in [0.25, 0.3) is 0 Å². The lowest BCUT2D eigenvalue weighted by atomic mass is 9.98. The Labute approximate surface area is 207 Å². The standard InChI is InChI=1S/C28H24F2N4O2/c1-35-25-13-3-17(27(31)33-21-9-5-19(29)6-10-21)15-23(25)24-16-18(4-14-26(24)36-2)28(32)34-22-11-7-20(30)8-12-22/h3-16H,1-2H3,(H2,31,33)(H2,32,34). The molecule has 4 rings (SSSR count). The highest BCUT2D eigenvalue weighted by Gasteiger charge is 2.16. The average molecular weight is 487 g/mol. The molecular weight excluding hydrogens is 462 g/mol. The molecule has 0 saturated carbocycles. The molecule has 0 heterocycles. The summed E-state index contributed by atoms with van der Waals surface area (Å²) in [5.41, 5.74) is 3.63. The molecule has 36 heavy (non-hydrogen) atoms. The number of halogens is 2. The van der Waals surface area contributed by atoms with Crippen molar-refractivity contribution in [1.29, 1.82) is 10.8 Å². The number of hydrogen-bond donors (Lipinski definition) is 4. The Hall–Kier alpha value is -4.72. The van der Waals surface area contributed by atoms with Crippen molar-refractivity contribution < 1.29 is 18.3 Å². The van der Waals surface area contributed by atoms with E-state index in [1.807, 2.05) is 0 Å². The van der Waals surface area contributed by atoms with Gasteiger partial charge in [0.15, 0.2) is 0 Å². The van der Waals surface area contributed by atoms with E-state index in [4.69, 9.17) is 20.3 Å². The van der Waals surface area contributed by atoms with E-state index >= 15 is 0 Å². The number of hydrogen-bond acceptors (Lipinski definition) is 4. The van der Waals surface area contributed by atoms with Crippen LogP contribution in [0.15, 0.2) is 84.9 Å². The lowest BCUT2D eigenvalue weighted by molar-refractivity contribution is 0.410. The highest BCUT2D eigenvalue weighted by molar-refractivity contribution is 6.08. The summed E-state index contributed by atoms with van der Waals surface area (Å²) >= 11 is 0. The van der Waals surface area contributed by atoms with Gasteiger partial charge in [-0.3, -0.25) is 10.8 Å². The van der Waals surface area contributed by atoms with E-state index in [9.17, 15) is 8.78 Å². The van der Waals surface area contributed by atoms with Crippen molar-refractivity contribution in [2.75, 3.05) is 24.9 Å². The maximum atomic E-state index is 13.2. The van der Waals surface area contributed by atoms with Crippen molar-refractivity contribution in [2.24, 2.45) is 0 Å². The molecule has 0 atom stereocenters. The van der Waals surface area contributed by atoms with Crippen LogP contribution in [-0.2, 0) is 0 Å². The molecule has 6 nitrogen and oxygen atoms in total. The quantitative estimate of drug-likeness (QED) is 0.177. The van der Waals surface area contributed by atoms with E-state index in [0.29, 0.717) is 45.1 Å². The topological polar surface area (TPSA) is 90.2 Å². The first-order valence-electron chi connectivity index (χ1n) is 11.0. The highest BCUT2D eigenvalue weighted by atomic mass is 19.1. The normalized spacial score (nSPS) is 10.4. The van der Waals surface area contributed by atoms with Crippen molar-refractivity contribution in [3.63, 3.8) is 0 Å². The zero-order chi connectivity index (χ0) is 25.7. The Morgan fingerprint density at radius 2 is 0.944 bits per heavy atom. The number of rotatable bonds is 7. The zero-order valence-corrected chi connectivity index (χ0v) is 19.7. The van der Waals surface area contributed by atoms with Gasteiger partial charge in [-0.05, 0) is 84.9 Å². The largest absolute Gasteiger partial charge is 0.496 e. The van der Waals surface area contributed by atoms with Gasteiger partial charge in [-0.2, -0.15) is 0 Å². The van der Waals surface area contributed by atoms with E-state index in [2.05, 4.69) is 10.6 Å². The predicted octanol–water partition coefficient (Wildman–Crippen LogP) is 6.52. The first-order chi connectivity index (χ1) is 17.4. The lowest BCUT2D eigenvalue weighted by Gasteiger charge is -2.17. The minimum Gasteiger partial charge on any atom is -0.496 e. The first kappa shape index (κ1) is 24.4. The van der Waals surface area contributed by atoms with E-state index in [0.717, 1.165) is 0 Å². The van der Waals surface area contributed by atoms with Crippen LogP contribution in [0.1, 0.15) is 11.1 Å². The molecule has 0 bridgehead atoms. The van der Waals surface area contributed by atoms with Gasteiger partial charge < -0.3 is 20.1 Å². The van der Waals surface area contributed by atoms with Crippen molar-refractivity contribution >= 4 is 23.0 Å². The Bertz CT molecular complexity index is 1300. The second-order valence-electron chi connectivity index (χ2n) is 7.84. The molecule has 0 fully saturated rings. The van der Waals surface area contributed by atoms with Gasteiger partial charge in [0.05, 0.1) is 14.2 Å². The van der Waals surface area contributed by atoms with Crippen LogP contribution in [-0.4, -0.2) is 25.9 Å². The number of ether oxygens (including phenoxy) is 2. The van der Waals surface area contributed by atoms with Crippen molar-refractivity contribution in [1.82, 2.24) is 0 Å². The van der Waals surface area contributed by atoms with Gasteiger partial charge in [0.1, 0.15) is 34.8 Å². The van der Waals surface area contributed by atoms with Crippen molar-refractivity contribution in [3.05, 3.63) is 108 Å². The average Bonchev–Trinajstić information content (AvgIpc) is 2.90. The van der Waals surface area contributed by atoms with Gasteiger partial charge >= 0.3 is 0 Å². The van der Waals surface area contributed by atoms with Crippen LogP contribution in [0, 0.1) is 22.5 Å². The maximum absolute atomic E-state index is 13.2. The van der Waals surface area contributed by atoms with Crippen LogP contribution in [0.2, 0.25) is 0 Å². The summed E-state index contributed by atoms with van der Waals surface area (Å²) in [5.74, 6) is 0.636. The minimum atomic E-state index is -0.356. The van der Waals surface area contributed by atoms with E-state index < -0.39 is 0 Å². The summed E-state index contributed by atoms with van der Waals surface area (Å²) < 4.78 is 37.6. The molecule has 0 radical (unpaired) electrons. The minimum absolute atomic E-state index is 0.117. The Morgan fingerprint density at radius 1 is 0.583 bits per heavy atom. The highest BCUT2D eigenvalue weighted by Crippen LogP contribution is 2.38. The number of methoxy groups -OCH3 is 2. The van der Waals surface area contributed by atoms with Gasteiger partial charge in [0, 0.05) is 33.6 Å². The number of nitrogens with one attached hydrogen (secondary N) is 4. The summed E-state index contributed by atoms with van der Waals surface area (Å²) in [6.07, 6.45) is 0. The summed E-state index contributed by atoms with van der Waals surface area (Å²) in [7, 11) is 3.10. The molecule has 4 N–H and O–H groups in total. The molecule has 0 aliphatic heterocycles. The molecule has 0 aromatic heterocycles. The fourth-order valence-corrected chi connectivity index (χ4v) is 3.65. The summed E-state index contributed by atoms with van der Waals surface area (Å²) in [6.45, 7) is 0. The molecule has 4 aromatic carbocycles. The third-order valence-corrected chi connectivity index (χ3v) is 5.49. The van der Waals surface area contributed by atoms with E-state index in [1.165, 1.54) is 24.3 Å². The third-order valence-electron chi connectivity index (χ3n) is 5.49. The zero-order valence-electron chi connectivity index (χ0n) is 19.7. The van der Waals surface area contributed by atoms with E-state index in [1.54, 1.807) is 74.9 Å². The molecule has 0 amide bonds. The molecule has 182 valence electrons. The van der Waals surface area contributed by atoms with Gasteiger partial charge in [-0.25, -0.2) is 8.78 Å². The van der Waals surface area contributed by atoms with E-state index in [-0.39, 0.29) is 23.3 Å². The van der Waals surface area contributed by atoms with Crippen LogP contribution < -0.4 is 20.1 Å². The maximum Gasteiger partial charge on any atom is 0.129 e. The molecule has 0 spiro atoms. The SMILES string of the molecule is COc1ccc(C(=N)Nc2ccc(F)cc2)cc1-c1cc(C(=N)Nc2ccc(F)cc2)ccc1OC. The van der Waals surface area contributed by atoms with Crippen molar-refractivity contribution in [3.8, 4) is 22.6 Å². The lowest BCUT2D eigenvalue weighted by Crippen LogP contribution is -2.13. The number of anilines is 2. The fraction of sp³-hybridized carbons (Fsp3) is 0.0714. The van der Waals surface area contributed by atoms with Gasteiger partial charge in [0.2, 0.25) is 0 Å². The smallest absolute Gasteiger partial charge is 0.129 e. The third kappa shape index (κ3) is 5.50. The fourth-order valence-electron chi connectivity index (χ4n) is 3.65. The molecule has 0 saturated heterocycles. The van der Waals surface area contributed by atoms with Gasteiger partial charge in [-0.15, -0.1) is 0 Å². The van der Waals surface area contributed by atoms with Gasteiger partial charge in [-0.1, -0.05) is 0 Å². The Morgan fingerprint density at radius 3 is 1.28 bits per heavy atom. The predicted molar refractivity (Wildman–Crippen MR) is 139 cm³/mol. The summed E-state index contributed by atoms with van der Waals surface area (Å²) in [5, 5.41) is 22.9. The summed E-state index contributed by atoms with van der Waals surface area (Å²) in [4.78, 5) is 0. The molecular formula is C28H24F2N4O2. The molecule has 0 unspecified atom stereocenters. The summed E-state index contributed by atoms with van der Waals surface area (Å²) in [6, 6.07) is 22.1. The van der Waals surface area contributed by atoms with Crippen LogP contribution in [0.5, 0.6) is 11.5 Å². The van der Waals surface area contributed by atoms with Crippen LogP contribution in [0.3, 0.4) is 0 Å².